The van der Waals surface area contributed by atoms with Crippen molar-refractivity contribution >= 4 is 5.91 Å². The Morgan fingerprint density at radius 2 is 1.89 bits per heavy atom. The Bertz CT molecular complexity index is 663. The van der Waals surface area contributed by atoms with Crippen LogP contribution >= 0.6 is 0 Å². The molecule has 0 bridgehead atoms. The van der Waals surface area contributed by atoms with Crippen molar-refractivity contribution < 1.29 is 19.2 Å². The molecule has 1 saturated heterocycles. The van der Waals surface area contributed by atoms with Crippen LogP contribution in [-0.4, -0.2) is 38.3 Å². The standard InChI is InChI=1S/C22H32N2O3/c1-16-6-2-3-7-18(16)23-22(25)15-24-11-4-8-19(24)17-9-10-20-21(14-17)27-13-5-12-26-20/h9-10,14,16,18-19H,2-8,11-13,15H2,1H3,(H,23,25)/p+1/t16-,18+,19+/m0/s1. The van der Waals surface area contributed by atoms with Gasteiger partial charge in [0.1, 0.15) is 6.04 Å². The van der Waals surface area contributed by atoms with Gasteiger partial charge in [0, 0.05) is 30.9 Å². The highest BCUT2D eigenvalue weighted by Gasteiger charge is 2.33. The predicted molar refractivity (Wildman–Crippen MR) is 104 cm³/mol. The van der Waals surface area contributed by atoms with Gasteiger partial charge in [0.2, 0.25) is 0 Å². The Morgan fingerprint density at radius 3 is 2.74 bits per heavy atom. The molecule has 4 atom stereocenters. The van der Waals surface area contributed by atoms with Gasteiger partial charge in [-0.2, -0.15) is 0 Å². The lowest BCUT2D eigenvalue weighted by Gasteiger charge is -2.30. The molecule has 1 unspecified atom stereocenters. The van der Waals surface area contributed by atoms with Crippen molar-refractivity contribution in [1.82, 2.24) is 5.32 Å². The average molecular weight is 374 g/mol. The molecule has 0 radical (unpaired) electrons. The van der Waals surface area contributed by atoms with E-state index in [1.165, 1.54) is 36.1 Å². The molecule has 27 heavy (non-hydrogen) atoms. The van der Waals surface area contributed by atoms with E-state index in [9.17, 15) is 4.79 Å². The van der Waals surface area contributed by atoms with Crippen molar-refractivity contribution in [3.8, 4) is 11.5 Å². The van der Waals surface area contributed by atoms with Gasteiger partial charge in [0.25, 0.3) is 5.91 Å². The van der Waals surface area contributed by atoms with E-state index in [0.29, 0.717) is 37.8 Å². The molecule has 2 heterocycles. The number of hydrogen-bond acceptors (Lipinski definition) is 3. The van der Waals surface area contributed by atoms with Gasteiger partial charge in [0.15, 0.2) is 18.0 Å². The van der Waals surface area contributed by atoms with Crippen LogP contribution in [0.2, 0.25) is 0 Å². The van der Waals surface area contributed by atoms with Crippen LogP contribution in [0.15, 0.2) is 18.2 Å². The summed E-state index contributed by atoms with van der Waals surface area (Å²) in [5.41, 5.74) is 1.27. The average Bonchev–Trinajstić information content (AvgIpc) is 2.99. The summed E-state index contributed by atoms with van der Waals surface area (Å²) in [4.78, 5) is 14.1. The Morgan fingerprint density at radius 1 is 1.07 bits per heavy atom. The van der Waals surface area contributed by atoms with Crippen LogP contribution in [0.5, 0.6) is 11.5 Å². The molecule has 148 valence electrons. The number of quaternary nitrogens is 1. The molecule has 1 aromatic carbocycles. The van der Waals surface area contributed by atoms with E-state index in [1.807, 2.05) is 6.07 Å². The third-order valence-electron chi connectivity index (χ3n) is 6.50. The molecule has 0 aromatic heterocycles. The summed E-state index contributed by atoms with van der Waals surface area (Å²) >= 11 is 0. The molecule has 2 aliphatic heterocycles. The van der Waals surface area contributed by atoms with Crippen molar-refractivity contribution in [2.24, 2.45) is 5.92 Å². The number of nitrogens with one attached hydrogen (secondary N) is 2. The number of rotatable bonds is 4. The first kappa shape index (κ1) is 18.6. The zero-order chi connectivity index (χ0) is 18.6. The van der Waals surface area contributed by atoms with Gasteiger partial charge < -0.3 is 19.7 Å². The third-order valence-corrected chi connectivity index (χ3v) is 6.50. The lowest BCUT2D eigenvalue weighted by atomic mass is 9.86. The number of fused-ring (bicyclic) bond motifs is 1. The second-order valence-electron chi connectivity index (χ2n) is 8.47. The Kier molecular flexibility index (Phi) is 5.86. The normalized spacial score (nSPS) is 30.6. The molecular weight excluding hydrogens is 340 g/mol. The van der Waals surface area contributed by atoms with Crippen LogP contribution in [0.3, 0.4) is 0 Å². The highest BCUT2D eigenvalue weighted by molar-refractivity contribution is 5.77. The maximum absolute atomic E-state index is 12.7. The second kappa shape index (κ2) is 8.51. The van der Waals surface area contributed by atoms with Gasteiger partial charge >= 0.3 is 0 Å². The Labute approximate surface area is 162 Å². The first-order chi connectivity index (χ1) is 13.2. The van der Waals surface area contributed by atoms with Crippen molar-refractivity contribution in [2.75, 3.05) is 26.3 Å². The molecule has 2 N–H and O–H groups in total. The quantitative estimate of drug-likeness (QED) is 0.851. The van der Waals surface area contributed by atoms with Gasteiger partial charge in [-0.25, -0.2) is 0 Å². The van der Waals surface area contributed by atoms with Crippen LogP contribution in [0.1, 0.15) is 63.5 Å². The van der Waals surface area contributed by atoms with Crippen molar-refractivity contribution in [2.45, 2.75) is 64.0 Å². The van der Waals surface area contributed by atoms with Gasteiger partial charge in [-0.1, -0.05) is 19.8 Å². The van der Waals surface area contributed by atoms with E-state index >= 15 is 0 Å². The summed E-state index contributed by atoms with van der Waals surface area (Å²) in [6.45, 7) is 5.33. The van der Waals surface area contributed by atoms with Crippen molar-refractivity contribution in [1.29, 1.82) is 0 Å². The minimum atomic E-state index is 0.213. The minimum absolute atomic E-state index is 0.213. The van der Waals surface area contributed by atoms with Crippen LogP contribution in [0, 0.1) is 5.92 Å². The third kappa shape index (κ3) is 4.40. The molecule has 2 fully saturated rings. The number of ether oxygens (including phenoxy) is 2. The van der Waals surface area contributed by atoms with Crippen LogP contribution in [0.25, 0.3) is 0 Å². The van der Waals surface area contributed by atoms with E-state index in [-0.39, 0.29) is 5.91 Å². The monoisotopic (exact) mass is 373 g/mol. The maximum atomic E-state index is 12.7. The number of benzene rings is 1. The summed E-state index contributed by atoms with van der Waals surface area (Å²) < 4.78 is 11.6. The largest absolute Gasteiger partial charge is 0.490 e. The smallest absolute Gasteiger partial charge is 0.275 e. The first-order valence-electron chi connectivity index (χ1n) is 10.7. The molecule has 1 aliphatic carbocycles. The van der Waals surface area contributed by atoms with E-state index in [0.717, 1.165) is 37.3 Å². The number of likely N-dealkylation sites (tertiary alicyclic amines) is 1. The van der Waals surface area contributed by atoms with Gasteiger partial charge in [-0.3, -0.25) is 4.79 Å². The first-order valence-corrected chi connectivity index (χ1v) is 10.7. The van der Waals surface area contributed by atoms with Crippen molar-refractivity contribution in [3.05, 3.63) is 23.8 Å². The van der Waals surface area contributed by atoms with Crippen LogP contribution in [0.4, 0.5) is 0 Å². The number of carbonyl (C=O) groups excluding carboxylic acids is 1. The predicted octanol–water partition coefficient (Wildman–Crippen LogP) is 2.26. The fourth-order valence-electron chi connectivity index (χ4n) is 4.92. The second-order valence-corrected chi connectivity index (χ2v) is 8.47. The highest BCUT2D eigenvalue weighted by Crippen LogP contribution is 2.33. The molecule has 5 nitrogen and oxygen atoms in total. The van der Waals surface area contributed by atoms with Crippen molar-refractivity contribution in [3.63, 3.8) is 0 Å². The highest BCUT2D eigenvalue weighted by atomic mass is 16.5. The fourth-order valence-corrected chi connectivity index (χ4v) is 4.92. The number of hydrogen-bond donors (Lipinski definition) is 2. The van der Waals surface area contributed by atoms with Gasteiger partial charge in [-0.05, 0) is 37.0 Å². The number of amides is 1. The lowest BCUT2D eigenvalue weighted by molar-refractivity contribution is -0.910. The summed E-state index contributed by atoms with van der Waals surface area (Å²) in [6, 6.07) is 7.07. The van der Waals surface area contributed by atoms with Crippen LogP contribution in [-0.2, 0) is 4.79 Å². The summed E-state index contributed by atoms with van der Waals surface area (Å²) in [5.74, 6) is 2.52. The van der Waals surface area contributed by atoms with E-state index in [4.69, 9.17) is 9.47 Å². The molecule has 0 spiro atoms. The Balaban J connectivity index is 1.40. The molecule has 1 aromatic rings. The van der Waals surface area contributed by atoms with E-state index < -0.39 is 0 Å². The Hall–Kier alpha value is -1.75. The molecule has 5 heteroatoms. The zero-order valence-corrected chi connectivity index (χ0v) is 16.5. The van der Waals surface area contributed by atoms with E-state index in [2.05, 4.69) is 24.4 Å². The maximum Gasteiger partial charge on any atom is 0.275 e. The SMILES string of the molecule is C[C@H]1CCCC[C@H]1NC(=O)C[NH+]1CCC[C@@H]1c1ccc2c(c1)OCCCO2. The van der Waals surface area contributed by atoms with Gasteiger partial charge in [0.05, 0.1) is 19.8 Å². The van der Waals surface area contributed by atoms with Crippen LogP contribution < -0.4 is 19.7 Å². The number of carbonyl (C=O) groups is 1. The molecule has 3 aliphatic rings. The summed E-state index contributed by atoms with van der Waals surface area (Å²) in [5, 5.41) is 3.32. The zero-order valence-electron chi connectivity index (χ0n) is 16.5. The van der Waals surface area contributed by atoms with E-state index in [1.54, 1.807) is 0 Å². The molecular formula is C22H33N2O3+. The lowest BCUT2D eigenvalue weighted by Crippen LogP contribution is -3.11. The fraction of sp³-hybridized carbons (Fsp3) is 0.682. The molecule has 1 amide bonds. The minimum Gasteiger partial charge on any atom is -0.490 e. The van der Waals surface area contributed by atoms with Gasteiger partial charge in [-0.15, -0.1) is 0 Å². The topological polar surface area (TPSA) is 52.0 Å². The summed E-state index contributed by atoms with van der Waals surface area (Å²) in [6.07, 6.45) is 8.13. The molecule has 4 rings (SSSR count). The summed E-state index contributed by atoms with van der Waals surface area (Å²) in [7, 11) is 0. The molecule has 1 saturated carbocycles.